The lowest BCUT2D eigenvalue weighted by Crippen LogP contribution is -2.36. The molecule has 9 heteroatoms. The second-order valence-corrected chi connectivity index (χ2v) is 8.00. The molecule has 8 nitrogen and oxygen atoms in total. The molecule has 1 fully saturated rings. The van der Waals surface area contributed by atoms with E-state index in [4.69, 9.17) is 9.88 Å². The van der Waals surface area contributed by atoms with Crippen LogP contribution in [0, 0.1) is 0 Å². The van der Waals surface area contributed by atoms with Crippen LogP contribution in [0.1, 0.15) is 0 Å². The molecule has 0 saturated carbocycles. The van der Waals surface area contributed by atoms with Crippen molar-refractivity contribution in [3.8, 4) is 0 Å². The van der Waals surface area contributed by atoms with Gasteiger partial charge < -0.3 is 9.64 Å². The van der Waals surface area contributed by atoms with Crippen molar-refractivity contribution in [3.05, 3.63) is 60.8 Å². The Kier molecular flexibility index (Phi) is 5.03. The van der Waals surface area contributed by atoms with Gasteiger partial charge in [-0.3, -0.25) is 10.00 Å². The van der Waals surface area contributed by atoms with E-state index in [1.54, 1.807) is 18.3 Å². The molecule has 0 atom stereocenters. The van der Waals surface area contributed by atoms with Crippen LogP contribution in [0.5, 0.6) is 0 Å². The maximum absolute atomic E-state index is 11.6. The fourth-order valence-corrected chi connectivity index (χ4v) is 3.75. The molecule has 146 valence electrons. The first-order valence-corrected chi connectivity index (χ1v) is 10.4. The van der Waals surface area contributed by atoms with Crippen LogP contribution >= 0.6 is 0 Å². The highest BCUT2D eigenvalue weighted by Gasteiger charge is 2.17. The molecule has 0 radical (unpaired) electrons. The molecule has 4 rings (SSSR count). The molecule has 3 aromatic rings. The smallest absolute Gasteiger partial charge is 0.238 e. The Morgan fingerprint density at radius 2 is 1.79 bits per heavy atom. The van der Waals surface area contributed by atoms with Crippen molar-refractivity contribution in [1.29, 1.82) is 0 Å². The zero-order valence-corrected chi connectivity index (χ0v) is 16.0. The summed E-state index contributed by atoms with van der Waals surface area (Å²) in [7, 11) is -3.74. The predicted octanol–water partition coefficient (Wildman–Crippen LogP) is 2.36. The minimum Gasteiger partial charge on any atom is -0.378 e. The summed E-state index contributed by atoms with van der Waals surface area (Å²) in [5, 5.41) is 12.2. The first kappa shape index (κ1) is 18.5. The van der Waals surface area contributed by atoms with Gasteiger partial charge >= 0.3 is 0 Å². The van der Waals surface area contributed by atoms with Gasteiger partial charge in [0.25, 0.3) is 0 Å². The maximum Gasteiger partial charge on any atom is 0.238 e. The van der Waals surface area contributed by atoms with Gasteiger partial charge in [-0.1, -0.05) is 6.07 Å². The Bertz CT molecular complexity index is 1030. The molecule has 2 aromatic carbocycles. The third-order valence-corrected chi connectivity index (χ3v) is 5.54. The van der Waals surface area contributed by atoms with Gasteiger partial charge in [0.1, 0.15) is 5.82 Å². The molecule has 1 saturated heterocycles. The average molecular weight is 399 g/mol. The number of nitrogens with one attached hydrogen (secondary N) is 1. The molecule has 1 aliphatic heterocycles. The Morgan fingerprint density at radius 1 is 1.04 bits per heavy atom. The Morgan fingerprint density at radius 3 is 2.43 bits per heavy atom. The molecule has 0 bridgehead atoms. The lowest BCUT2D eigenvalue weighted by Gasteiger charge is -2.30. The van der Waals surface area contributed by atoms with E-state index >= 15 is 0 Å². The second kappa shape index (κ2) is 7.63. The number of H-pyrrole nitrogens is 1. The lowest BCUT2D eigenvalue weighted by molar-refractivity contribution is 0.122. The zero-order valence-electron chi connectivity index (χ0n) is 15.2. The van der Waals surface area contributed by atoms with Crippen molar-refractivity contribution in [1.82, 2.24) is 10.2 Å². The number of sulfonamides is 1. The first-order valence-electron chi connectivity index (χ1n) is 8.87. The molecule has 0 spiro atoms. The minimum absolute atomic E-state index is 0.0721. The molecule has 2 heterocycles. The summed E-state index contributed by atoms with van der Waals surface area (Å²) in [6, 6.07) is 16.5. The van der Waals surface area contributed by atoms with Crippen LogP contribution in [0.3, 0.4) is 0 Å². The number of hydrogen-bond donors (Lipinski definition) is 2. The van der Waals surface area contributed by atoms with Gasteiger partial charge in [-0.05, 0) is 42.5 Å². The summed E-state index contributed by atoms with van der Waals surface area (Å²) in [6.07, 6.45) is 1.67. The average Bonchev–Trinajstić information content (AvgIpc) is 3.23. The minimum atomic E-state index is -3.74. The van der Waals surface area contributed by atoms with Crippen molar-refractivity contribution >= 4 is 32.9 Å². The number of ether oxygens (including phenoxy) is 1. The number of benzene rings is 2. The summed E-state index contributed by atoms with van der Waals surface area (Å²) >= 11 is 0. The number of morpholine rings is 1. The quantitative estimate of drug-likeness (QED) is 0.682. The molecular weight excluding hydrogens is 378 g/mol. The van der Waals surface area contributed by atoms with Crippen molar-refractivity contribution in [3.63, 3.8) is 0 Å². The van der Waals surface area contributed by atoms with Crippen molar-refractivity contribution in [2.75, 3.05) is 36.1 Å². The van der Waals surface area contributed by atoms with Crippen LogP contribution in [-0.2, 0) is 14.8 Å². The van der Waals surface area contributed by atoms with E-state index in [1.165, 1.54) is 12.1 Å². The summed E-state index contributed by atoms with van der Waals surface area (Å²) in [6.45, 7) is 3.11. The Balaban J connectivity index is 1.73. The number of nitrogens with zero attached hydrogens (tertiary/aromatic N) is 3. The number of primary sulfonamides is 1. The van der Waals surface area contributed by atoms with Crippen molar-refractivity contribution in [2.45, 2.75) is 4.90 Å². The maximum atomic E-state index is 11.6. The summed E-state index contributed by atoms with van der Waals surface area (Å²) in [5.41, 5.74) is 2.82. The normalized spacial score (nSPS) is 14.8. The SMILES string of the molecule is NS(=O)(=O)c1ccc(N(c2cccc(N3CCOCC3)c2)c2ccn[nH]2)cc1. The monoisotopic (exact) mass is 399 g/mol. The van der Waals surface area contributed by atoms with E-state index < -0.39 is 10.0 Å². The highest BCUT2D eigenvalue weighted by Crippen LogP contribution is 2.35. The van der Waals surface area contributed by atoms with Gasteiger partial charge in [0.15, 0.2) is 0 Å². The first-order chi connectivity index (χ1) is 13.5. The zero-order chi connectivity index (χ0) is 19.6. The fraction of sp³-hybridized carbons (Fsp3) is 0.211. The highest BCUT2D eigenvalue weighted by molar-refractivity contribution is 7.89. The summed E-state index contributed by atoms with van der Waals surface area (Å²) < 4.78 is 28.6. The van der Waals surface area contributed by atoms with Gasteiger partial charge in [0.05, 0.1) is 24.3 Å². The predicted molar refractivity (Wildman–Crippen MR) is 108 cm³/mol. The summed E-state index contributed by atoms with van der Waals surface area (Å²) in [5.74, 6) is 0.766. The molecule has 1 aromatic heterocycles. The van der Waals surface area contributed by atoms with E-state index in [-0.39, 0.29) is 4.90 Å². The topological polar surface area (TPSA) is 105 Å². The fourth-order valence-electron chi connectivity index (χ4n) is 3.24. The van der Waals surface area contributed by atoms with Crippen LogP contribution in [-0.4, -0.2) is 44.9 Å². The van der Waals surface area contributed by atoms with Crippen LogP contribution in [0.15, 0.2) is 65.7 Å². The number of anilines is 4. The van der Waals surface area contributed by atoms with E-state index in [9.17, 15) is 8.42 Å². The molecular formula is C19H21N5O3S. The van der Waals surface area contributed by atoms with Gasteiger partial charge in [-0.25, -0.2) is 13.6 Å². The van der Waals surface area contributed by atoms with Crippen LogP contribution in [0.25, 0.3) is 0 Å². The number of aromatic amines is 1. The molecule has 1 aliphatic rings. The van der Waals surface area contributed by atoms with E-state index in [0.29, 0.717) is 13.2 Å². The molecule has 0 unspecified atom stereocenters. The number of rotatable bonds is 5. The molecule has 28 heavy (non-hydrogen) atoms. The number of nitrogens with two attached hydrogens (primary N) is 1. The lowest BCUT2D eigenvalue weighted by atomic mass is 10.2. The van der Waals surface area contributed by atoms with E-state index in [1.807, 2.05) is 23.1 Å². The highest BCUT2D eigenvalue weighted by atomic mass is 32.2. The van der Waals surface area contributed by atoms with Gasteiger partial charge in [-0.2, -0.15) is 5.10 Å². The number of aromatic nitrogens is 2. The molecule has 0 aliphatic carbocycles. The third kappa shape index (κ3) is 3.86. The Hall–Kier alpha value is -2.88. The molecule has 0 amide bonds. The van der Waals surface area contributed by atoms with E-state index in [0.717, 1.165) is 36.0 Å². The van der Waals surface area contributed by atoms with Gasteiger partial charge in [0, 0.05) is 36.2 Å². The standard InChI is InChI=1S/C19H21N5O3S/c20-28(25,26)18-6-4-15(5-7-18)24(19-8-9-21-22-19)17-3-1-2-16(14-17)23-10-12-27-13-11-23/h1-9,14H,10-13H2,(H,21,22)(H2,20,25,26). The van der Waals surface area contributed by atoms with Crippen molar-refractivity contribution < 1.29 is 13.2 Å². The van der Waals surface area contributed by atoms with E-state index in [2.05, 4.69) is 27.2 Å². The largest absolute Gasteiger partial charge is 0.378 e. The van der Waals surface area contributed by atoms with Gasteiger partial charge in [0.2, 0.25) is 10.0 Å². The van der Waals surface area contributed by atoms with Gasteiger partial charge in [-0.15, -0.1) is 0 Å². The Labute approximate surface area is 163 Å². The van der Waals surface area contributed by atoms with Crippen LogP contribution in [0.4, 0.5) is 22.9 Å². The second-order valence-electron chi connectivity index (χ2n) is 6.44. The van der Waals surface area contributed by atoms with Crippen LogP contribution in [0.2, 0.25) is 0 Å². The van der Waals surface area contributed by atoms with Crippen molar-refractivity contribution in [2.24, 2.45) is 5.14 Å². The molecule has 3 N–H and O–H groups in total. The number of hydrogen-bond acceptors (Lipinski definition) is 6. The third-order valence-electron chi connectivity index (χ3n) is 4.61. The summed E-state index contributed by atoms with van der Waals surface area (Å²) in [4.78, 5) is 4.33. The van der Waals surface area contributed by atoms with Crippen LogP contribution < -0.4 is 14.9 Å².